The average Bonchev–Trinajstić information content (AvgIpc) is 2.68. The van der Waals surface area contributed by atoms with E-state index < -0.39 is 0 Å². The van der Waals surface area contributed by atoms with Crippen molar-refractivity contribution >= 4 is 0 Å². The molecule has 1 heterocycles. The van der Waals surface area contributed by atoms with Crippen LogP contribution in [-0.4, -0.2) is 12.7 Å². The van der Waals surface area contributed by atoms with Gasteiger partial charge in [0.25, 0.3) is 0 Å². The van der Waals surface area contributed by atoms with Crippen LogP contribution in [0.5, 0.6) is 0 Å². The van der Waals surface area contributed by atoms with E-state index in [1.807, 2.05) is 0 Å². The molecule has 0 radical (unpaired) electrons. The third-order valence-corrected chi connectivity index (χ3v) is 6.80. The van der Waals surface area contributed by atoms with Crippen molar-refractivity contribution in [1.82, 2.24) is 0 Å². The molecule has 2 aliphatic rings. The van der Waals surface area contributed by atoms with Gasteiger partial charge in [-0.25, -0.2) is 0 Å². The van der Waals surface area contributed by atoms with Gasteiger partial charge in [-0.1, -0.05) is 76.6 Å². The van der Waals surface area contributed by atoms with Crippen LogP contribution in [0.15, 0.2) is 24.3 Å². The Labute approximate surface area is 155 Å². The van der Waals surface area contributed by atoms with E-state index in [2.05, 4.69) is 38.1 Å². The van der Waals surface area contributed by atoms with Gasteiger partial charge in [-0.15, -0.1) is 0 Å². The molecule has 2 fully saturated rings. The van der Waals surface area contributed by atoms with E-state index in [1.54, 1.807) is 0 Å². The van der Waals surface area contributed by atoms with Gasteiger partial charge in [-0.05, 0) is 55.1 Å². The Hall–Kier alpha value is -0.820. The molecular formula is C24H38O. The molecule has 0 N–H and O–H groups in total. The molecule has 0 aromatic heterocycles. The Balaban J connectivity index is 1.37. The molecule has 1 aliphatic heterocycles. The van der Waals surface area contributed by atoms with Gasteiger partial charge in [0.15, 0.2) is 0 Å². The summed E-state index contributed by atoms with van der Waals surface area (Å²) < 4.78 is 6.26. The number of ether oxygens (including phenoxy) is 1. The van der Waals surface area contributed by atoms with Crippen LogP contribution in [0.3, 0.4) is 0 Å². The second-order valence-electron chi connectivity index (χ2n) is 8.59. The molecule has 0 spiro atoms. The van der Waals surface area contributed by atoms with E-state index in [9.17, 15) is 0 Å². The van der Waals surface area contributed by atoms with Crippen LogP contribution in [0.2, 0.25) is 0 Å². The Morgan fingerprint density at radius 2 is 1.56 bits per heavy atom. The Morgan fingerprint density at radius 1 is 0.840 bits per heavy atom. The molecule has 2 atom stereocenters. The number of aryl methyl sites for hydroxylation is 1. The monoisotopic (exact) mass is 342 g/mol. The molecular weight excluding hydrogens is 304 g/mol. The van der Waals surface area contributed by atoms with Crippen molar-refractivity contribution in [3.05, 3.63) is 35.4 Å². The molecule has 3 rings (SSSR count). The normalized spacial score (nSPS) is 30.3. The summed E-state index contributed by atoms with van der Waals surface area (Å²) >= 11 is 0. The van der Waals surface area contributed by atoms with Crippen molar-refractivity contribution in [2.24, 2.45) is 11.8 Å². The highest BCUT2D eigenvalue weighted by molar-refractivity contribution is 5.26. The maximum Gasteiger partial charge on any atom is 0.0575 e. The Morgan fingerprint density at radius 3 is 2.16 bits per heavy atom. The van der Waals surface area contributed by atoms with Crippen LogP contribution in [0.1, 0.15) is 95.1 Å². The van der Waals surface area contributed by atoms with Crippen LogP contribution < -0.4 is 0 Å². The van der Waals surface area contributed by atoms with Crippen molar-refractivity contribution in [2.45, 2.75) is 96.5 Å². The zero-order valence-electron chi connectivity index (χ0n) is 16.5. The van der Waals surface area contributed by atoms with E-state index >= 15 is 0 Å². The fraction of sp³-hybridized carbons (Fsp3) is 0.750. The smallest absolute Gasteiger partial charge is 0.0575 e. The molecule has 25 heavy (non-hydrogen) atoms. The third kappa shape index (κ3) is 5.58. The second kappa shape index (κ2) is 9.76. The van der Waals surface area contributed by atoms with Gasteiger partial charge in [0.2, 0.25) is 0 Å². The standard InChI is InChI=1S/C24H38O/c1-3-5-20-10-13-22(14-11-20)23-15-17-24(25-18-23)16-12-21-8-6-19(4-2)7-9-21/h10-11,13-14,19,21,23-24H,3-9,12,15-18H2,1-2H3. The summed E-state index contributed by atoms with van der Waals surface area (Å²) in [6.07, 6.45) is 15.5. The summed E-state index contributed by atoms with van der Waals surface area (Å²) in [5.41, 5.74) is 2.95. The van der Waals surface area contributed by atoms with Crippen molar-refractivity contribution in [2.75, 3.05) is 6.61 Å². The van der Waals surface area contributed by atoms with E-state index in [4.69, 9.17) is 4.74 Å². The molecule has 140 valence electrons. The number of hydrogen-bond donors (Lipinski definition) is 0. The van der Waals surface area contributed by atoms with Gasteiger partial charge in [-0.3, -0.25) is 0 Å². The molecule has 1 heteroatoms. The summed E-state index contributed by atoms with van der Waals surface area (Å²) in [5.74, 6) is 2.62. The molecule has 1 aliphatic carbocycles. The van der Waals surface area contributed by atoms with Crippen LogP contribution in [0.25, 0.3) is 0 Å². The number of hydrogen-bond acceptors (Lipinski definition) is 1. The zero-order chi connectivity index (χ0) is 17.5. The van der Waals surface area contributed by atoms with E-state index in [1.165, 1.54) is 81.8 Å². The van der Waals surface area contributed by atoms with Crippen LogP contribution in [-0.2, 0) is 11.2 Å². The molecule has 1 nitrogen and oxygen atoms in total. The zero-order valence-corrected chi connectivity index (χ0v) is 16.5. The summed E-state index contributed by atoms with van der Waals surface area (Å²) in [6, 6.07) is 9.31. The minimum absolute atomic E-state index is 0.527. The first-order valence-electron chi connectivity index (χ1n) is 11.0. The largest absolute Gasteiger partial charge is 0.378 e. The molecule has 1 saturated carbocycles. The summed E-state index contributed by atoms with van der Waals surface area (Å²) in [6.45, 7) is 5.54. The summed E-state index contributed by atoms with van der Waals surface area (Å²) in [5, 5.41) is 0. The fourth-order valence-corrected chi connectivity index (χ4v) is 4.89. The van der Waals surface area contributed by atoms with Crippen molar-refractivity contribution in [3.8, 4) is 0 Å². The van der Waals surface area contributed by atoms with Crippen LogP contribution in [0, 0.1) is 11.8 Å². The maximum atomic E-state index is 6.26. The molecule has 0 amide bonds. The maximum absolute atomic E-state index is 6.26. The van der Waals surface area contributed by atoms with Crippen LogP contribution >= 0.6 is 0 Å². The lowest BCUT2D eigenvalue weighted by Crippen LogP contribution is -2.26. The second-order valence-corrected chi connectivity index (χ2v) is 8.59. The van der Waals surface area contributed by atoms with E-state index in [0.29, 0.717) is 12.0 Å². The van der Waals surface area contributed by atoms with Crippen molar-refractivity contribution < 1.29 is 4.74 Å². The van der Waals surface area contributed by atoms with Gasteiger partial charge in [0, 0.05) is 5.92 Å². The molecule has 2 unspecified atom stereocenters. The molecule has 1 saturated heterocycles. The topological polar surface area (TPSA) is 9.23 Å². The van der Waals surface area contributed by atoms with Gasteiger partial charge < -0.3 is 4.74 Å². The highest BCUT2D eigenvalue weighted by atomic mass is 16.5. The summed E-state index contributed by atoms with van der Waals surface area (Å²) in [4.78, 5) is 0. The quantitative estimate of drug-likeness (QED) is 0.523. The van der Waals surface area contributed by atoms with Crippen molar-refractivity contribution in [3.63, 3.8) is 0 Å². The minimum Gasteiger partial charge on any atom is -0.378 e. The highest BCUT2D eigenvalue weighted by Gasteiger charge is 2.25. The minimum atomic E-state index is 0.527. The molecule has 1 aromatic carbocycles. The van der Waals surface area contributed by atoms with Gasteiger partial charge >= 0.3 is 0 Å². The van der Waals surface area contributed by atoms with Gasteiger partial charge in [0.1, 0.15) is 0 Å². The first-order chi connectivity index (χ1) is 12.3. The lowest BCUT2D eigenvalue weighted by Gasteiger charge is -2.32. The highest BCUT2D eigenvalue weighted by Crippen LogP contribution is 2.35. The fourth-order valence-electron chi connectivity index (χ4n) is 4.89. The molecule has 1 aromatic rings. The molecule has 0 bridgehead atoms. The van der Waals surface area contributed by atoms with Crippen molar-refractivity contribution in [1.29, 1.82) is 0 Å². The summed E-state index contributed by atoms with van der Waals surface area (Å²) in [7, 11) is 0. The average molecular weight is 343 g/mol. The van der Waals surface area contributed by atoms with Gasteiger partial charge in [-0.2, -0.15) is 0 Å². The Kier molecular flexibility index (Phi) is 7.40. The predicted molar refractivity (Wildman–Crippen MR) is 107 cm³/mol. The lowest BCUT2D eigenvalue weighted by atomic mass is 9.78. The number of benzene rings is 1. The number of rotatable bonds is 7. The Bertz CT molecular complexity index is 475. The lowest BCUT2D eigenvalue weighted by molar-refractivity contribution is -0.00526. The van der Waals surface area contributed by atoms with Crippen LogP contribution in [0.4, 0.5) is 0 Å². The van der Waals surface area contributed by atoms with Gasteiger partial charge in [0.05, 0.1) is 12.7 Å². The van der Waals surface area contributed by atoms with E-state index in [-0.39, 0.29) is 0 Å². The van der Waals surface area contributed by atoms with E-state index in [0.717, 1.165) is 18.4 Å². The first kappa shape index (κ1) is 19.0. The first-order valence-corrected chi connectivity index (χ1v) is 11.0. The SMILES string of the molecule is CCCc1ccc(C2CCC(CCC3CCC(CC)CC3)OC2)cc1. The third-order valence-electron chi connectivity index (χ3n) is 6.80. The predicted octanol–water partition coefficient (Wildman–Crippen LogP) is 6.90.